The molecule has 0 saturated heterocycles. The molecule has 0 unspecified atom stereocenters. The lowest BCUT2D eigenvalue weighted by Gasteiger charge is -2.25. The van der Waals surface area contributed by atoms with Crippen LogP contribution in [-0.4, -0.2) is 23.0 Å². The van der Waals surface area contributed by atoms with E-state index in [2.05, 4.69) is 12.1 Å². The molecule has 3 heteroatoms. The number of likely N-dealkylation sites (N-methyl/N-ethyl adjacent to an activating group) is 1. The molecule has 0 fully saturated rings. The van der Waals surface area contributed by atoms with Gasteiger partial charge in [0, 0.05) is 12.6 Å². The van der Waals surface area contributed by atoms with E-state index in [9.17, 15) is 9.90 Å². The van der Waals surface area contributed by atoms with Gasteiger partial charge in [0.1, 0.15) is 5.75 Å². The number of aryl methyl sites for hydroxylation is 1. The maximum Gasteiger partial charge on any atom is 0.227 e. The van der Waals surface area contributed by atoms with Crippen molar-refractivity contribution in [3.63, 3.8) is 0 Å². The van der Waals surface area contributed by atoms with Crippen molar-refractivity contribution in [2.45, 2.75) is 25.3 Å². The molecule has 1 N–H and O–H groups in total. The average Bonchev–Trinajstić information content (AvgIpc) is 2.92. The molecule has 0 bridgehead atoms. The molecule has 0 aromatic heterocycles. The van der Waals surface area contributed by atoms with E-state index in [1.54, 1.807) is 18.2 Å². The van der Waals surface area contributed by atoms with Gasteiger partial charge in [0.15, 0.2) is 0 Å². The molecule has 0 aliphatic heterocycles. The molecule has 1 amide bonds. The molecule has 3 rings (SSSR count). The van der Waals surface area contributed by atoms with Crippen molar-refractivity contribution < 1.29 is 9.90 Å². The highest BCUT2D eigenvalue weighted by molar-refractivity contribution is 5.79. The van der Waals surface area contributed by atoms with Gasteiger partial charge in [0.25, 0.3) is 0 Å². The molecule has 2 aromatic rings. The van der Waals surface area contributed by atoms with Gasteiger partial charge in [0.05, 0.1) is 12.5 Å². The Morgan fingerprint density at radius 3 is 2.71 bits per heavy atom. The first-order valence-electron chi connectivity index (χ1n) is 7.27. The molecule has 1 atom stereocenters. The lowest BCUT2D eigenvalue weighted by Crippen LogP contribution is -2.31. The fourth-order valence-corrected chi connectivity index (χ4v) is 3.06. The Morgan fingerprint density at radius 2 is 1.90 bits per heavy atom. The van der Waals surface area contributed by atoms with Gasteiger partial charge in [-0.05, 0) is 30.0 Å². The van der Waals surface area contributed by atoms with Crippen LogP contribution in [0.5, 0.6) is 5.75 Å². The summed E-state index contributed by atoms with van der Waals surface area (Å²) in [4.78, 5) is 14.3. The number of hydrogen-bond acceptors (Lipinski definition) is 2. The fourth-order valence-electron chi connectivity index (χ4n) is 3.06. The van der Waals surface area contributed by atoms with Crippen LogP contribution >= 0.6 is 0 Å². The standard InChI is InChI=1S/C18H19NO2/c1-19(16-11-10-13-6-2-4-8-15(13)16)18(21)12-14-7-3-5-9-17(14)20/h2-9,16,20H,10-12H2,1H3/t16-/m1/s1. The Hall–Kier alpha value is -2.29. The first kappa shape index (κ1) is 13.7. The molecule has 1 aliphatic carbocycles. The van der Waals surface area contributed by atoms with Gasteiger partial charge in [-0.3, -0.25) is 4.79 Å². The number of carbonyl (C=O) groups is 1. The van der Waals surface area contributed by atoms with Crippen LogP contribution in [0.4, 0.5) is 0 Å². The third kappa shape index (κ3) is 2.64. The van der Waals surface area contributed by atoms with Crippen LogP contribution in [-0.2, 0) is 17.6 Å². The molecular weight excluding hydrogens is 262 g/mol. The zero-order valence-corrected chi connectivity index (χ0v) is 12.1. The van der Waals surface area contributed by atoms with E-state index in [0.29, 0.717) is 5.56 Å². The Morgan fingerprint density at radius 1 is 1.19 bits per heavy atom. The molecule has 21 heavy (non-hydrogen) atoms. The summed E-state index contributed by atoms with van der Waals surface area (Å²) >= 11 is 0. The second kappa shape index (κ2) is 5.60. The monoisotopic (exact) mass is 281 g/mol. The first-order chi connectivity index (χ1) is 10.2. The second-order valence-corrected chi connectivity index (χ2v) is 5.56. The van der Waals surface area contributed by atoms with E-state index < -0.39 is 0 Å². The molecule has 0 spiro atoms. The molecule has 0 heterocycles. The number of aromatic hydroxyl groups is 1. The van der Waals surface area contributed by atoms with Crippen LogP contribution in [0.2, 0.25) is 0 Å². The number of fused-ring (bicyclic) bond motifs is 1. The number of para-hydroxylation sites is 1. The van der Waals surface area contributed by atoms with Crippen LogP contribution in [0.25, 0.3) is 0 Å². The summed E-state index contributed by atoms with van der Waals surface area (Å²) < 4.78 is 0. The van der Waals surface area contributed by atoms with Crippen molar-refractivity contribution in [2.75, 3.05) is 7.05 Å². The number of phenolic OH excluding ortho intramolecular Hbond substituents is 1. The maximum absolute atomic E-state index is 12.5. The van der Waals surface area contributed by atoms with Gasteiger partial charge in [-0.2, -0.15) is 0 Å². The molecule has 108 valence electrons. The summed E-state index contributed by atoms with van der Waals surface area (Å²) in [7, 11) is 1.86. The third-order valence-corrected chi connectivity index (χ3v) is 4.30. The first-order valence-corrected chi connectivity index (χ1v) is 7.27. The zero-order valence-electron chi connectivity index (χ0n) is 12.1. The van der Waals surface area contributed by atoms with Crippen molar-refractivity contribution in [2.24, 2.45) is 0 Å². The van der Waals surface area contributed by atoms with E-state index in [0.717, 1.165) is 12.8 Å². The predicted molar refractivity (Wildman–Crippen MR) is 82.1 cm³/mol. The highest BCUT2D eigenvalue weighted by atomic mass is 16.3. The SMILES string of the molecule is CN(C(=O)Cc1ccccc1O)[C@@H]1CCc2ccccc21. The average molecular weight is 281 g/mol. The lowest BCUT2D eigenvalue weighted by molar-refractivity contribution is -0.131. The quantitative estimate of drug-likeness (QED) is 0.939. The Labute approximate surface area is 124 Å². The van der Waals surface area contributed by atoms with Crippen LogP contribution in [0.1, 0.15) is 29.2 Å². The zero-order chi connectivity index (χ0) is 14.8. The number of amides is 1. The van der Waals surface area contributed by atoms with Crippen LogP contribution in [0, 0.1) is 0 Å². The van der Waals surface area contributed by atoms with Crippen LogP contribution in [0.3, 0.4) is 0 Å². The number of nitrogens with zero attached hydrogens (tertiary/aromatic N) is 1. The highest BCUT2D eigenvalue weighted by Gasteiger charge is 2.28. The van der Waals surface area contributed by atoms with E-state index in [1.165, 1.54) is 11.1 Å². The molecular formula is C18H19NO2. The minimum Gasteiger partial charge on any atom is -0.508 e. The summed E-state index contributed by atoms with van der Waals surface area (Å²) in [5.74, 6) is 0.226. The largest absolute Gasteiger partial charge is 0.508 e. The Bertz CT molecular complexity index is 666. The highest BCUT2D eigenvalue weighted by Crippen LogP contribution is 2.35. The second-order valence-electron chi connectivity index (χ2n) is 5.56. The van der Waals surface area contributed by atoms with Gasteiger partial charge in [-0.1, -0.05) is 42.5 Å². The minimum absolute atomic E-state index is 0.0400. The summed E-state index contributed by atoms with van der Waals surface area (Å²) in [6, 6.07) is 15.5. The van der Waals surface area contributed by atoms with E-state index in [1.807, 2.05) is 30.1 Å². The van der Waals surface area contributed by atoms with Crippen LogP contribution < -0.4 is 0 Å². The summed E-state index contributed by atoms with van der Waals surface area (Å²) in [6.07, 6.45) is 2.24. The van der Waals surface area contributed by atoms with E-state index in [4.69, 9.17) is 0 Å². The normalized spacial score (nSPS) is 16.5. The molecule has 0 radical (unpaired) electrons. The van der Waals surface area contributed by atoms with Gasteiger partial charge in [0.2, 0.25) is 5.91 Å². The van der Waals surface area contributed by atoms with Gasteiger partial charge < -0.3 is 10.0 Å². The predicted octanol–water partition coefficient (Wildman–Crippen LogP) is 3.08. The maximum atomic E-state index is 12.5. The van der Waals surface area contributed by atoms with Crippen molar-refractivity contribution in [3.8, 4) is 5.75 Å². The fraction of sp³-hybridized carbons (Fsp3) is 0.278. The summed E-state index contributed by atoms with van der Waals surface area (Å²) in [6.45, 7) is 0. The van der Waals surface area contributed by atoms with Crippen molar-refractivity contribution >= 4 is 5.91 Å². The summed E-state index contributed by atoms with van der Waals surface area (Å²) in [5, 5.41) is 9.79. The van der Waals surface area contributed by atoms with E-state index >= 15 is 0 Å². The third-order valence-electron chi connectivity index (χ3n) is 4.30. The Balaban J connectivity index is 1.76. The van der Waals surface area contributed by atoms with Gasteiger partial charge in [-0.25, -0.2) is 0 Å². The number of hydrogen-bond donors (Lipinski definition) is 1. The minimum atomic E-state index is 0.0400. The molecule has 0 saturated carbocycles. The smallest absolute Gasteiger partial charge is 0.227 e. The topological polar surface area (TPSA) is 40.5 Å². The van der Waals surface area contributed by atoms with Crippen molar-refractivity contribution in [1.82, 2.24) is 4.90 Å². The number of phenols is 1. The van der Waals surface area contributed by atoms with Crippen molar-refractivity contribution in [3.05, 3.63) is 65.2 Å². The van der Waals surface area contributed by atoms with Gasteiger partial charge in [-0.15, -0.1) is 0 Å². The molecule has 3 nitrogen and oxygen atoms in total. The molecule has 1 aliphatic rings. The number of carbonyl (C=O) groups excluding carboxylic acids is 1. The van der Waals surface area contributed by atoms with Gasteiger partial charge >= 0.3 is 0 Å². The lowest BCUT2D eigenvalue weighted by atomic mass is 10.1. The number of rotatable bonds is 3. The van der Waals surface area contributed by atoms with Crippen molar-refractivity contribution in [1.29, 1.82) is 0 Å². The number of benzene rings is 2. The molecule has 2 aromatic carbocycles. The summed E-state index contributed by atoms with van der Waals surface area (Å²) in [5.41, 5.74) is 3.27. The van der Waals surface area contributed by atoms with Crippen LogP contribution in [0.15, 0.2) is 48.5 Å². The Kier molecular flexibility index (Phi) is 3.65. The van der Waals surface area contributed by atoms with E-state index in [-0.39, 0.29) is 24.1 Å².